The number of aromatic nitrogens is 2. The van der Waals surface area contributed by atoms with E-state index in [4.69, 9.17) is 9.47 Å². The summed E-state index contributed by atoms with van der Waals surface area (Å²) in [5.41, 5.74) is 2.02. The predicted octanol–water partition coefficient (Wildman–Crippen LogP) is 2.44. The van der Waals surface area contributed by atoms with Crippen LogP contribution in [-0.4, -0.2) is 52.7 Å². The van der Waals surface area contributed by atoms with E-state index >= 15 is 0 Å². The number of carbonyl (C=O) groups is 1. The molecule has 0 radical (unpaired) electrons. The zero-order valence-corrected chi connectivity index (χ0v) is 14.8. The zero-order valence-electron chi connectivity index (χ0n) is 13.9. The predicted molar refractivity (Wildman–Crippen MR) is 91.0 cm³/mol. The Kier molecular flexibility index (Phi) is 3.94. The third kappa shape index (κ3) is 2.76. The van der Waals surface area contributed by atoms with E-state index < -0.39 is 5.79 Å². The summed E-state index contributed by atoms with van der Waals surface area (Å²) in [4.78, 5) is 16.4. The molecule has 7 heteroatoms. The standard InChI is InChI=1S/C17H21N3O3S/c1-12-11-13(18-19(12)2)14-3-4-15(24-14)16(21)20-7-5-17(6-8-20)22-9-10-23-17/h3-4,11H,5-10H2,1-2H3. The van der Waals surface area contributed by atoms with Gasteiger partial charge in [-0.3, -0.25) is 9.48 Å². The number of amides is 1. The Balaban J connectivity index is 1.45. The van der Waals surface area contributed by atoms with E-state index in [9.17, 15) is 4.79 Å². The van der Waals surface area contributed by atoms with Crippen LogP contribution in [0.3, 0.4) is 0 Å². The maximum Gasteiger partial charge on any atom is 0.263 e. The molecule has 0 unspecified atom stereocenters. The molecule has 1 amide bonds. The number of aryl methyl sites for hydroxylation is 2. The molecule has 24 heavy (non-hydrogen) atoms. The fraction of sp³-hybridized carbons (Fsp3) is 0.529. The Bertz CT molecular complexity index is 731. The summed E-state index contributed by atoms with van der Waals surface area (Å²) in [5, 5.41) is 4.48. The molecule has 1 spiro atoms. The van der Waals surface area contributed by atoms with Crippen LogP contribution in [0.25, 0.3) is 10.6 Å². The van der Waals surface area contributed by atoms with E-state index in [1.165, 1.54) is 11.3 Å². The molecule has 128 valence electrons. The fourth-order valence-corrected chi connectivity index (χ4v) is 4.19. The normalized spacial score (nSPS) is 20.0. The average Bonchev–Trinajstić information content (AvgIpc) is 3.30. The smallest absolute Gasteiger partial charge is 0.263 e. The van der Waals surface area contributed by atoms with Crippen LogP contribution in [-0.2, 0) is 16.5 Å². The maximum atomic E-state index is 12.7. The third-order valence-corrected chi connectivity index (χ3v) is 5.90. The minimum atomic E-state index is -0.442. The lowest BCUT2D eigenvalue weighted by Gasteiger charge is -2.37. The van der Waals surface area contributed by atoms with Crippen molar-refractivity contribution in [1.82, 2.24) is 14.7 Å². The summed E-state index contributed by atoms with van der Waals surface area (Å²) in [6.45, 7) is 4.69. The van der Waals surface area contributed by atoms with E-state index in [-0.39, 0.29) is 5.91 Å². The average molecular weight is 347 g/mol. The first-order valence-electron chi connectivity index (χ1n) is 8.24. The number of rotatable bonds is 2. The highest BCUT2D eigenvalue weighted by Crippen LogP contribution is 2.33. The van der Waals surface area contributed by atoms with Gasteiger partial charge >= 0.3 is 0 Å². The van der Waals surface area contributed by atoms with Gasteiger partial charge < -0.3 is 14.4 Å². The van der Waals surface area contributed by atoms with Crippen LogP contribution in [0.2, 0.25) is 0 Å². The first kappa shape index (κ1) is 15.8. The number of nitrogens with zero attached hydrogens (tertiary/aromatic N) is 3. The van der Waals surface area contributed by atoms with Gasteiger partial charge in [-0.1, -0.05) is 0 Å². The molecule has 0 aliphatic carbocycles. The summed E-state index contributed by atoms with van der Waals surface area (Å²) in [6, 6.07) is 5.92. The Labute approximate surface area is 145 Å². The lowest BCUT2D eigenvalue weighted by Crippen LogP contribution is -2.47. The quantitative estimate of drug-likeness (QED) is 0.837. The highest BCUT2D eigenvalue weighted by atomic mass is 32.1. The molecule has 2 aromatic heterocycles. The fourth-order valence-electron chi connectivity index (χ4n) is 3.26. The molecule has 0 bridgehead atoms. The Morgan fingerprint density at radius 1 is 1.25 bits per heavy atom. The summed E-state index contributed by atoms with van der Waals surface area (Å²) in [6.07, 6.45) is 1.49. The Morgan fingerprint density at radius 2 is 1.96 bits per heavy atom. The molecule has 4 heterocycles. The van der Waals surface area contributed by atoms with Gasteiger partial charge in [0.2, 0.25) is 0 Å². The molecular formula is C17H21N3O3S. The van der Waals surface area contributed by atoms with E-state index in [0.717, 1.165) is 34.0 Å². The molecule has 0 saturated carbocycles. The van der Waals surface area contributed by atoms with Crippen LogP contribution in [0.5, 0.6) is 0 Å². The minimum absolute atomic E-state index is 0.0896. The van der Waals surface area contributed by atoms with E-state index in [1.807, 2.05) is 41.8 Å². The summed E-state index contributed by atoms with van der Waals surface area (Å²) >= 11 is 1.50. The molecule has 0 aromatic carbocycles. The number of hydrogen-bond acceptors (Lipinski definition) is 5. The molecule has 2 fully saturated rings. The first-order chi connectivity index (χ1) is 11.6. The van der Waals surface area contributed by atoms with Crippen molar-refractivity contribution < 1.29 is 14.3 Å². The van der Waals surface area contributed by atoms with Gasteiger partial charge in [0.1, 0.15) is 5.69 Å². The van der Waals surface area contributed by atoms with Crippen molar-refractivity contribution in [3.05, 3.63) is 28.8 Å². The van der Waals surface area contributed by atoms with Crippen molar-refractivity contribution >= 4 is 17.2 Å². The topological polar surface area (TPSA) is 56.6 Å². The van der Waals surface area contributed by atoms with Crippen LogP contribution < -0.4 is 0 Å². The van der Waals surface area contributed by atoms with Crippen LogP contribution in [0.4, 0.5) is 0 Å². The lowest BCUT2D eigenvalue weighted by atomic mass is 10.0. The Morgan fingerprint density at radius 3 is 2.58 bits per heavy atom. The summed E-state index contributed by atoms with van der Waals surface area (Å²) in [5.74, 6) is -0.352. The summed E-state index contributed by atoms with van der Waals surface area (Å²) < 4.78 is 13.3. The van der Waals surface area contributed by atoms with Gasteiger partial charge in [-0.15, -0.1) is 11.3 Å². The van der Waals surface area contributed by atoms with Gasteiger partial charge in [-0.25, -0.2) is 0 Å². The van der Waals surface area contributed by atoms with Crippen LogP contribution in [0, 0.1) is 6.92 Å². The van der Waals surface area contributed by atoms with E-state index in [1.54, 1.807) is 0 Å². The third-order valence-electron chi connectivity index (χ3n) is 4.81. The van der Waals surface area contributed by atoms with E-state index in [0.29, 0.717) is 26.3 Å². The van der Waals surface area contributed by atoms with Gasteiger partial charge in [0.15, 0.2) is 5.79 Å². The van der Waals surface area contributed by atoms with Crippen molar-refractivity contribution in [2.75, 3.05) is 26.3 Å². The van der Waals surface area contributed by atoms with Crippen LogP contribution in [0.15, 0.2) is 18.2 Å². The molecule has 0 N–H and O–H groups in total. The second kappa shape index (κ2) is 5.98. The van der Waals surface area contributed by atoms with Gasteiger partial charge in [0, 0.05) is 38.7 Å². The van der Waals surface area contributed by atoms with Crippen molar-refractivity contribution in [3.63, 3.8) is 0 Å². The molecule has 4 rings (SSSR count). The van der Waals surface area contributed by atoms with Crippen molar-refractivity contribution in [2.24, 2.45) is 7.05 Å². The number of piperidine rings is 1. The first-order valence-corrected chi connectivity index (χ1v) is 9.06. The number of thiophene rings is 1. The van der Waals surface area contributed by atoms with Crippen molar-refractivity contribution in [1.29, 1.82) is 0 Å². The Hall–Kier alpha value is -1.70. The number of ether oxygens (including phenoxy) is 2. The lowest BCUT2D eigenvalue weighted by molar-refractivity contribution is -0.181. The molecule has 2 saturated heterocycles. The van der Waals surface area contributed by atoms with Crippen LogP contribution >= 0.6 is 11.3 Å². The minimum Gasteiger partial charge on any atom is -0.347 e. The molecule has 0 atom stereocenters. The van der Waals surface area contributed by atoms with Gasteiger partial charge in [0.05, 0.1) is 23.0 Å². The second-order valence-corrected chi connectivity index (χ2v) is 7.44. The van der Waals surface area contributed by atoms with Gasteiger partial charge in [-0.05, 0) is 25.1 Å². The molecule has 2 aliphatic heterocycles. The monoisotopic (exact) mass is 347 g/mol. The van der Waals surface area contributed by atoms with Crippen molar-refractivity contribution in [2.45, 2.75) is 25.6 Å². The number of likely N-dealkylation sites (tertiary alicyclic amines) is 1. The zero-order chi connectivity index (χ0) is 16.7. The van der Waals surface area contributed by atoms with E-state index in [2.05, 4.69) is 5.10 Å². The summed E-state index contributed by atoms with van der Waals surface area (Å²) in [7, 11) is 1.93. The van der Waals surface area contributed by atoms with Crippen LogP contribution in [0.1, 0.15) is 28.2 Å². The number of carbonyl (C=O) groups excluding carboxylic acids is 1. The molecule has 2 aliphatic rings. The van der Waals surface area contributed by atoms with Gasteiger partial charge in [-0.2, -0.15) is 5.10 Å². The molecule has 6 nitrogen and oxygen atoms in total. The van der Waals surface area contributed by atoms with Crippen molar-refractivity contribution in [3.8, 4) is 10.6 Å². The van der Waals surface area contributed by atoms with Gasteiger partial charge in [0.25, 0.3) is 5.91 Å². The second-order valence-electron chi connectivity index (χ2n) is 6.36. The molecule has 2 aromatic rings. The largest absolute Gasteiger partial charge is 0.347 e. The highest BCUT2D eigenvalue weighted by Gasteiger charge is 2.41. The number of hydrogen-bond donors (Lipinski definition) is 0. The molecular weight excluding hydrogens is 326 g/mol. The maximum absolute atomic E-state index is 12.7. The SMILES string of the molecule is Cc1cc(-c2ccc(C(=O)N3CCC4(CC3)OCCO4)s2)nn1C. The highest BCUT2D eigenvalue weighted by molar-refractivity contribution is 7.17.